The van der Waals surface area contributed by atoms with Crippen LogP contribution in [0.25, 0.3) is 0 Å². The molecule has 0 bridgehead atoms. The lowest BCUT2D eigenvalue weighted by Gasteiger charge is -2.27. The zero-order chi connectivity index (χ0) is 15.4. The SMILES string of the molecule is CCCN(CC(=O)NC)c1cc2c(cc1N)CCC(=O)N2. The number of anilines is 3. The highest BCUT2D eigenvalue weighted by Gasteiger charge is 2.19. The van der Waals surface area contributed by atoms with Crippen LogP contribution in [-0.4, -0.2) is 32.0 Å². The van der Waals surface area contributed by atoms with Gasteiger partial charge in [-0.25, -0.2) is 0 Å². The standard InChI is InChI=1S/C15H22N4O2/c1-3-6-19(9-15(21)17-2)13-8-12-10(7-11(13)16)4-5-14(20)18-12/h7-8H,3-6,9,16H2,1-2H3,(H,17,21)(H,18,20). The molecule has 1 aliphatic heterocycles. The predicted octanol–water partition coefficient (Wildman–Crippen LogP) is 1.12. The van der Waals surface area contributed by atoms with E-state index in [0.717, 1.165) is 29.9 Å². The van der Waals surface area contributed by atoms with Gasteiger partial charge in [0.2, 0.25) is 11.8 Å². The summed E-state index contributed by atoms with van der Waals surface area (Å²) in [7, 11) is 1.61. The summed E-state index contributed by atoms with van der Waals surface area (Å²) in [6.45, 7) is 3.03. The second-order valence-electron chi connectivity index (χ2n) is 5.21. The van der Waals surface area contributed by atoms with Gasteiger partial charge in [0.25, 0.3) is 0 Å². The molecule has 1 aromatic rings. The number of rotatable bonds is 5. The van der Waals surface area contributed by atoms with E-state index < -0.39 is 0 Å². The Morgan fingerprint density at radius 3 is 2.86 bits per heavy atom. The maximum Gasteiger partial charge on any atom is 0.239 e. The van der Waals surface area contributed by atoms with Crippen molar-refractivity contribution in [1.29, 1.82) is 0 Å². The third-order valence-corrected chi connectivity index (χ3v) is 3.60. The maximum absolute atomic E-state index is 11.7. The molecular formula is C15H22N4O2. The summed E-state index contributed by atoms with van der Waals surface area (Å²) in [5.41, 5.74) is 9.42. The summed E-state index contributed by atoms with van der Waals surface area (Å²) in [4.78, 5) is 25.1. The van der Waals surface area contributed by atoms with E-state index in [2.05, 4.69) is 10.6 Å². The lowest BCUT2D eigenvalue weighted by atomic mass is 10.0. The molecule has 1 aliphatic rings. The van der Waals surface area contributed by atoms with E-state index in [1.165, 1.54) is 0 Å². The fourth-order valence-electron chi connectivity index (χ4n) is 2.52. The second kappa shape index (κ2) is 6.47. The first-order chi connectivity index (χ1) is 10.0. The van der Waals surface area contributed by atoms with Crippen LogP contribution in [0.1, 0.15) is 25.3 Å². The largest absolute Gasteiger partial charge is 0.397 e. The number of hydrogen-bond acceptors (Lipinski definition) is 4. The van der Waals surface area contributed by atoms with Gasteiger partial charge in [-0.1, -0.05) is 6.92 Å². The smallest absolute Gasteiger partial charge is 0.239 e. The highest BCUT2D eigenvalue weighted by Crippen LogP contribution is 2.33. The van der Waals surface area contributed by atoms with E-state index in [1.54, 1.807) is 7.05 Å². The van der Waals surface area contributed by atoms with Crippen LogP contribution < -0.4 is 21.3 Å². The van der Waals surface area contributed by atoms with E-state index in [0.29, 0.717) is 18.5 Å². The highest BCUT2D eigenvalue weighted by molar-refractivity contribution is 5.96. The van der Waals surface area contributed by atoms with Crippen LogP contribution in [0, 0.1) is 0 Å². The highest BCUT2D eigenvalue weighted by atomic mass is 16.2. The van der Waals surface area contributed by atoms with E-state index in [9.17, 15) is 9.59 Å². The average Bonchev–Trinajstić information content (AvgIpc) is 2.46. The van der Waals surface area contributed by atoms with Crippen LogP contribution in [0.3, 0.4) is 0 Å². The number of amides is 2. The molecule has 1 aromatic carbocycles. The van der Waals surface area contributed by atoms with Crippen molar-refractivity contribution in [2.24, 2.45) is 0 Å². The molecule has 0 fully saturated rings. The Labute approximate surface area is 124 Å². The minimum absolute atomic E-state index is 0.0200. The predicted molar refractivity (Wildman–Crippen MR) is 84.4 cm³/mol. The van der Waals surface area contributed by atoms with Crippen molar-refractivity contribution in [2.45, 2.75) is 26.2 Å². The van der Waals surface area contributed by atoms with E-state index in [1.807, 2.05) is 24.0 Å². The van der Waals surface area contributed by atoms with E-state index in [-0.39, 0.29) is 18.4 Å². The number of likely N-dealkylation sites (N-methyl/N-ethyl adjacent to an activating group) is 1. The molecule has 0 spiro atoms. The van der Waals surface area contributed by atoms with Gasteiger partial charge in [0.15, 0.2) is 0 Å². The number of nitrogen functional groups attached to an aromatic ring is 1. The summed E-state index contributed by atoms with van der Waals surface area (Å²) in [5, 5.41) is 5.49. The van der Waals surface area contributed by atoms with Crippen LogP contribution in [-0.2, 0) is 16.0 Å². The minimum atomic E-state index is -0.0652. The first-order valence-corrected chi connectivity index (χ1v) is 7.23. The van der Waals surface area contributed by atoms with E-state index in [4.69, 9.17) is 5.73 Å². The summed E-state index contributed by atoms with van der Waals surface area (Å²) in [6.07, 6.45) is 2.09. The lowest BCUT2D eigenvalue weighted by Crippen LogP contribution is -2.36. The summed E-state index contributed by atoms with van der Waals surface area (Å²) in [6, 6.07) is 3.77. The van der Waals surface area contributed by atoms with Gasteiger partial charge in [-0.15, -0.1) is 0 Å². The van der Waals surface area contributed by atoms with Gasteiger partial charge < -0.3 is 21.3 Å². The Hall–Kier alpha value is -2.24. The summed E-state index contributed by atoms with van der Waals surface area (Å²) < 4.78 is 0. The van der Waals surface area contributed by atoms with Crippen LogP contribution in [0.2, 0.25) is 0 Å². The molecule has 0 aromatic heterocycles. The van der Waals surface area contributed by atoms with Gasteiger partial charge >= 0.3 is 0 Å². The molecule has 0 aliphatic carbocycles. The molecular weight excluding hydrogens is 268 g/mol. The molecule has 21 heavy (non-hydrogen) atoms. The molecule has 4 N–H and O–H groups in total. The molecule has 0 saturated carbocycles. The summed E-state index contributed by atoms with van der Waals surface area (Å²) >= 11 is 0. The topological polar surface area (TPSA) is 87.5 Å². The van der Waals surface area contributed by atoms with Crippen molar-refractivity contribution in [2.75, 3.05) is 36.1 Å². The van der Waals surface area contributed by atoms with Gasteiger partial charge in [0.1, 0.15) is 0 Å². The molecule has 6 nitrogen and oxygen atoms in total. The molecule has 6 heteroatoms. The normalized spacial score (nSPS) is 13.3. The Balaban J connectivity index is 2.33. The second-order valence-corrected chi connectivity index (χ2v) is 5.21. The lowest BCUT2D eigenvalue weighted by molar-refractivity contribution is -0.119. The molecule has 2 amide bonds. The third-order valence-electron chi connectivity index (χ3n) is 3.60. The Morgan fingerprint density at radius 2 is 2.19 bits per heavy atom. The molecule has 0 atom stereocenters. The minimum Gasteiger partial charge on any atom is -0.397 e. The maximum atomic E-state index is 11.7. The van der Waals surface area contributed by atoms with Crippen LogP contribution in [0.15, 0.2) is 12.1 Å². The molecule has 0 unspecified atom stereocenters. The van der Waals surface area contributed by atoms with Crippen molar-refractivity contribution < 1.29 is 9.59 Å². The number of benzene rings is 1. The van der Waals surface area contributed by atoms with Gasteiger partial charge in [0, 0.05) is 25.7 Å². The molecule has 1 heterocycles. The number of aryl methyl sites for hydroxylation is 1. The Morgan fingerprint density at radius 1 is 1.43 bits per heavy atom. The number of hydrogen-bond donors (Lipinski definition) is 3. The van der Waals surface area contributed by atoms with Gasteiger partial charge in [-0.05, 0) is 30.5 Å². The fraction of sp³-hybridized carbons (Fsp3) is 0.467. The number of fused-ring (bicyclic) bond motifs is 1. The van der Waals surface area contributed by atoms with Crippen molar-refractivity contribution >= 4 is 28.9 Å². The number of nitrogens with zero attached hydrogens (tertiary/aromatic N) is 1. The zero-order valence-corrected chi connectivity index (χ0v) is 12.5. The van der Waals surface area contributed by atoms with E-state index >= 15 is 0 Å². The number of carbonyl (C=O) groups excluding carboxylic acids is 2. The number of nitrogens with one attached hydrogen (secondary N) is 2. The van der Waals surface area contributed by atoms with Gasteiger partial charge in [-0.3, -0.25) is 9.59 Å². The third kappa shape index (κ3) is 3.45. The number of carbonyl (C=O) groups is 2. The average molecular weight is 290 g/mol. The quantitative estimate of drug-likeness (QED) is 0.709. The Kier molecular flexibility index (Phi) is 4.67. The first kappa shape index (κ1) is 15.2. The van der Waals surface area contributed by atoms with Gasteiger partial charge in [0.05, 0.1) is 17.9 Å². The summed E-state index contributed by atoms with van der Waals surface area (Å²) in [5.74, 6) is -0.0452. The monoisotopic (exact) mass is 290 g/mol. The van der Waals surface area contributed by atoms with Crippen LogP contribution in [0.4, 0.5) is 17.1 Å². The Bertz CT molecular complexity index is 557. The van der Waals surface area contributed by atoms with Crippen molar-refractivity contribution in [3.8, 4) is 0 Å². The van der Waals surface area contributed by atoms with Gasteiger partial charge in [-0.2, -0.15) is 0 Å². The molecule has 0 radical (unpaired) electrons. The van der Waals surface area contributed by atoms with Crippen molar-refractivity contribution in [3.05, 3.63) is 17.7 Å². The first-order valence-electron chi connectivity index (χ1n) is 7.23. The van der Waals surface area contributed by atoms with Crippen LogP contribution >= 0.6 is 0 Å². The number of nitrogens with two attached hydrogens (primary N) is 1. The fourth-order valence-corrected chi connectivity index (χ4v) is 2.52. The molecule has 114 valence electrons. The van der Waals surface area contributed by atoms with Crippen molar-refractivity contribution in [3.63, 3.8) is 0 Å². The van der Waals surface area contributed by atoms with Crippen molar-refractivity contribution in [1.82, 2.24) is 5.32 Å². The molecule has 0 saturated heterocycles. The zero-order valence-electron chi connectivity index (χ0n) is 12.5. The van der Waals surface area contributed by atoms with Crippen LogP contribution in [0.5, 0.6) is 0 Å². The molecule has 2 rings (SSSR count).